The molecule has 0 aliphatic rings. The van der Waals surface area contributed by atoms with E-state index in [-0.39, 0.29) is 105 Å². The Hall–Kier alpha value is 2.23. The molecule has 0 radical (unpaired) electrons. The number of esters is 8. The third-order valence-corrected chi connectivity index (χ3v) is 82.6. The molecule has 0 fully saturated rings. The van der Waals surface area contributed by atoms with Crippen molar-refractivity contribution in [2.24, 2.45) is 0 Å². The van der Waals surface area contributed by atoms with Gasteiger partial charge in [0.15, 0.2) is 0 Å². The maximum absolute atomic E-state index is 12.3. The van der Waals surface area contributed by atoms with Crippen LogP contribution in [-0.4, -0.2) is 344 Å². The van der Waals surface area contributed by atoms with E-state index in [0.717, 1.165) is 83.8 Å². The van der Waals surface area contributed by atoms with Gasteiger partial charge in [0.05, 0.1) is 0 Å². The topological polar surface area (TPSA) is 349 Å². The monoisotopic (exact) mass is 2810 g/mol. The average Bonchev–Trinajstić information content (AvgIpc) is 0.877. The van der Waals surface area contributed by atoms with E-state index in [1.165, 1.54) is 113 Å². The van der Waals surface area contributed by atoms with Gasteiger partial charge in [-0.15, -0.1) is 0 Å². The van der Waals surface area contributed by atoms with Crippen molar-refractivity contribution in [2.45, 2.75) is 417 Å². The van der Waals surface area contributed by atoms with Crippen LogP contribution >= 0.6 is 113 Å². The summed E-state index contributed by atoms with van der Waals surface area (Å²) in [6, 6.07) is 17.8. The first-order chi connectivity index (χ1) is 67.9. The Morgan fingerprint density at radius 1 is 0.361 bits per heavy atom. The van der Waals surface area contributed by atoms with Crippen LogP contribution in [0.2, 0.25) is 98.8 Å². The molecule has 0 aliphatic carbocycles. The number of alkyl halides is 2. The molecule has 0 saturated heterocycles. The van der Waals surface area contributed by atoms with Crippen molar-refractivity contribution < 1.29 is 112 Å². The van der Waals surface area contributed by atoms with Crippen LogP contribution in [0.15, 0.2) is 60.7 Å². The molecule has 0 heterocycles. The van der Waals surface area contributed by atoms with E-state index in [1.807, 2.05) is 53.0 Å². The first-order valence-corrected chi connectivity index (χ1v) is 110. The van der Waals surface area contributed by atoms with Crippen LogP contribution in [0.25, 0.3) is 0 Å². The predicted molar refractivity (Wildman–Crippen MR) is 647 cm³/mol. The van der Waals surface area contributed by atoms with Gasteiger partial charge in [-0.25, -0.2) is 0 Å². The number of halogens is 2. The van der Waals surface area contributed by atoms with Gasteiger partial charge >= 0.3 is 948 Å². The van der Waals surface area contributed by atoms with Crippen molar-refractivity contribution in [3.05, 3.63) is 71.8 Å². The fraction of sp³-hybridized carbons (Fsp3) is 0.792. The zero-order valence-corrected chi connectivity index (χ0v) is 119. The van der Waals surface area contributed by atoms with E-state index in [2.05, 4.69) is 175 Å². The summed E-state index contributed by atoms with van der Waals surface area (Å²) in [7, 11) is 16.9. The second-order valence-electron chi connectivity index (χ2n) is 34.3. The Morgan fingerprint density at radius 2 is 0.715 bits per heavy atom. The molecule has 0 spiro atoms. The summed E-state index contributed by atoms with van der Waals surface area (Å²) in [6.45, 7) is 36.8. The first kappa shape index (κ1) is 159. The van der Waals surface area contributed by atoms with E-state index in [1.54, 1.807) is 88.6 Å². The Labute approximate surface area is 956 Å². The van der Waals surface area contributed by atoms with Crippen LogP contribution in [0.5, 0.6) is 0 Å². The molecule has 2 aromatic rings. The molecule has 43 heteroatoms. The number of unbranched alkanes of at least 4 members (excludes halogenated alkanes) is 10. The summed E-state index contributed by atoms with van der Waals surface area (Å²) in [5.74, 6) is 2.81. The van der Waals surface area contributed by atoms with Crippen molar-refractivity contribution in [2.75, 3.05) is 79.1 Å². The molecule has 11 unspecified atom stereocenters. The van der Waals surface area contributed by atoms with E-state index in [0.29, 0.717) is 47.0 Å². The zero-order chi connectivity index (χ0) is 111. The fourth-order valence-corrected chi connectivity index (χ4v) is 59.6. The van der Waals surface area contributed by atoms with E-state index in [4.69, 9.17) is 76.4 Å². The second-order valence-corrected chi connectivity index (χ2v) is 120. The predicted octanol–water partition coefficient (Wildman–Crippen LogP) is 26.5. The SMILES string of the molecule is CC(=O)OCC(CS[As](C)C)OC(=O)c1ccccc1.CC(=O)OCC(CS[As](C)C)OC(C)=O.CC(Cl)C(=O)OCC(CS[As](C)C)OC(=O)C(Cl)c1ccccc1.CCC(O)CS[As](C(C)C)C(C)C.CCC(O)CS[As](CC)CC.CCC(S[As](C)C)C(=O)O.CCCCCCCCC(=O)OCC(CS[As](C)C)OC(=O)CCCCCCCC.CCC[As](CCC)SCC(O)CC.C[As](C)SCC(O)CO. The van der Waals surface area contributed by atoms with Gasteiger partial charge in [0, 0.05) is 0 Å². The number of carboxylic acids is 1. The number of ether oxygens (including phenoxy) is 8. The normalized spacial score (nSPS) is 13.3. The molecule has 0 aromatic heterocycles. The summed E-state index contributed by atoms with van der Waals surface area (Å²) >= 11 is 4.93. The van der Waals surface area contributed by atoms with Crippen molar-refractivity contribution in [3.63, 3.8) is 0 Å². The molecule has 848 valence electrons. The van der Waals surface area contributed by atoms with Crippen molar-refractivity contribution >= 4 is 289 Å². The van der Waals surface area contributed by atoms with E-state index in [9.17, 15) is 58.5 Å². The van der Waals surface area contributed by atoms with Crippen molar-refractivity contribution in [1.29, 1.82) is 0 Å². The molecule has 0 saturated carbocycles. The van der Waals surface area contributed by atoms with Crippen LogP contribution in [0.3, 0.4) is 0 Å². The summed E-state index contributed by atoms with van der Waals surface area (Å²) in [5, 5.41) is 57.9. The minimum atomic E-state index is -0.962. The maximum atomic E-state index is 12.3. The molecule has 11 atom stereocenters. The van der Waals surface area contributed by atoms with Gasteiger partial charge in [0.1, 0.15) is 0 Å². The minimum absolute atomic E-state index is 0.0186. The standard InChI is InChI=1S/C23H45AsO4S.C16H21AsCl2O4S.C14H19AsO4S.2C10H23AsOS.C9H17AsO4S.C8H19AsOS.C6H13AsO2S.C5H13AsO2S/c1-5-7-9-11-13-15-17-22(25)27-19-21(20-29-24(3)4)28-23(26)18-16-14-12-10-8-6-2;1-11(18)15(20)22-9-13(10-24-17(2)3)23-16(21)14(19)12-7-5-4-6-8-12;1-11(16)18-9-13(10-20-15(2)3)19-14(17)12-7-5-4-6-8-12;1-6-10(12)7-13-11(8(2)3)9(4)5;1-4-7-11(8-5-2)13-9-10(12)6-3;1-7(11)13-5-9(14-8(2)12)6-15-10(3)4;1-4-8(10)7-11-9(5-2)6-3;1-4-5(6(8)9)10-7(2)3;1-6(2)9-4-5(8)3-7/h21H,5-20H2,1-4H3;4-8,11,13-14H,9-10H2,1-3H3;4-8,13H,9-10H2,1-3H3;8-10,12H,6-7H2,1-5H3;10,12H,4-9H2,1-3H3;9H,5-6H2,1-4H3;8,10H,4-7H2,1-3H3;5H,4H2,1-3H3,(H,8,9);5,7-8H,3-4H2,1-2H3. The number of carbonyl (C=O) groups is 9. The Balaban J connectivity index is -0.000000301. The molecule has 6 N–H and O–H groups in total. The Kier molecular flexibility index (Phi) is 122. The molecule has 0 bridgehead atoms. The van der Waals surface area contributed by atoms with Crippen LogP contribution in [0, 0.1) is 0 Å². The van der Waals surface area contributed by atoms with Gasteiger partial charge in [-0.1, -0.05) is 20.3 Å². The average molecular weight is 2810 g/mol. The van der Waals surface area contributed by atoms with Gasteiger partial charge in [-0.2, -0.15) is 0 Å². The number of aliphatic carboxylic acids is 1. The summed E-state index contributed by atoms with van der Waals surface area (Å²) in [5.41, 5.74) is 27.6. The van der Waals surface area contributed by atoms with Gasteiger partial charge in [0.2, 0.25) is 0 Å². The molecule has 144 heavy (non-hydrogen) atoms. The molecule has 0 aliphatic heterocycles. The zero-order valence-electron chi connectivity index (χ0n) is 93.0. The molecular formula is C101H193As9Cl2O23S9. The molecule has 2 aromatic carbocycles. The van der Waals surface area contributed by atoms with Crippen molar-refractivity contribution in [3.8, 4) is 0 Å². The molecular weight excluding hydrogens is 2610 g/mol. The number of rotatable bonds is 70. The van der Waals surface area contributed by atoms with Gasteiger partial charge < -0.3 is 0 Å². The quantitative estimate of drug-likeness (QED) is 0.0118. The van der Waals surface area contributed by atoms with Crippen LogP contribution in [0.4, 0.5) is 0 Å². The number of carboxylic acid groups (broad SMARTS) is 1. The second kappa shape index (κ2) is 111. The number of carbonyl (C=O) groups excluding carboxylic acids is 8. The number of aliphatic hydroxyl groups excluding tert-OH is 5. The van der Waals surface area contributed by atoms with Crippen LogP contribution in [-0.2, 0) is 76.3 Å². The third kappa shape index (κ3) is 112. The van der Waals surface area contributed by atoms with Crippen molar-refractivity contribution in [1.82, 2.24) is 0 Å². The van der Waals surface area contributed by atoms with Crippen LogP contribution in [0.1, 0.15) is 274 Å². The Morgan fingerprint density at radius 3 is 1.06 bits per heavy atom. The first-order valence-electron chi connectivity index (χ1n) is 50.2. The molecule has 23 nitrogen and oxygen atoms in total. The van der Waals surface area contributed by atoms with E-state index >= 15 is 0 Å². The van der Waals surface area contributed by atoms with Gasteiger partial charge in [-0.3, -0.25) is 0 Å². The van der Waals surface area contributed by atoms with Crippen LogP contribution < -0.4 is 0 Å². The number of benzene rings is 2. The summed E-state index contributed by atoms with van der Waals surface area (Å²) < 4.78 is 43.6. The fourth-order valence-electron chi connectivity index (χ4n) is 10.5. The summed E-state index contributed by atoms with van der Waals surface area (Å²) in [4.78, 5) is 103. The molecule has 0 amide bonds. The van der Waals surface area contributed by atoms with Gasteiger partial charge in [-0.05, 0) is 0 Å². The Bertz CT molecular complexity index is 3340. The van der Waals surface area contributed by atoms with E-state index < -0.39 is 168 Å². The third-order valence-electron chi connectivity index (χ3n) is 18.3. The van der Waals surface area contributed by atoms with Gasteiger partial charge in [0.25, 0.3) is 0 Å². The number of hydrogen-bond acceptors (Lipinski definition) is 31. The number of aliphatic hydroxyl groups is 5. The number of hydrogen-bond donors (Lipinski definition) is 6. The summed E-state index contributed by atoms with van der Waals surface area (Å²) in [6.07, 6.45) is 18.6. The molecule has 2 rings (SSSR count).